The molecule has 0 radical (unpaired) electrons. The van der Waals surface area contributed by atoms with Crippen LogP contribution in [0.25, 0.3) is 0 Å². The standard InChI is InChI=1S/C41H4.C10H12O3/c1-3-5-7-9-11-13-15-17-19-21-23-25-27-29-31-33-35-37-39-41-40-38-36-34-32-30-28-26-24-22-20-18-16-14-12-10-8-6-4-2;1-7-4-3-5-8(2)9(7)6-13-10(11)12/h1H,2H3;3-5H,6H2,1-2H3,(H,11,12). The molecule has 0 saturated heterocycles. The molecule has 3 heteroatoms. The molecule has 0 aliphatic rings. The lowest BCUT2D eigenvalue weighted by Gasteiger charge is -2.07. The Balaban J connectivity index is 0.00000180. The predicted octanol–water partition coefficient (Wildman–Crippen LogP) is 3.20. The molecule has 0 aliphatic carbocycles. The van der Waals surface area contributed by atoms with Gasteiger partial charge < -0.3 is 9.84 Å². The summed E-state index contributed by atoms with van der Waals surface area (Å²) in [5.41, 5.74) is 3.06. The summed E-state index contributed by atoms with van der Waals surface area (Å²) in [5, 5.41) is 8.33. The van der Waals surface area contributed by atoms with E-state index in [2.05, 4.69) is 236 Å². The third kappa shape index (κ3) is 31.7. The molecule has 0 unspecified atom stereocenters. The molecule has 0 atom stereocenters. The van der Waals surface area contributed by atoms with Gasteiger partial charge in [0.25, 0.3) is 0 Å². The zero-order chi connectivity index (χ0) is 39.4. The molecule has 1 rings (SSSR count). The number of carboxylic acid groups (broad SMARTS) is 1. The van der Waals surface area contributed by atoms with Crippen molar-refractivity contribution in [2.75, 3.05) is 0 Å². The summed E-state index contributed by atoms with van der Waals surface area (Å²) in [4.78, 5) is 10.2. The van der Waals surface area contributed by atoms with Gasteiger partial charge in [-0.3, -0.25) is 0 Å². The van der Waals surface area contributed by atoms with Gasteiger partial charge in [0.2, 0.25) is 0 Å². The molecular formula is C51H16O3. The maximum Gasteiger partial charge on any atom is 0.506 e. The van der Waals surface area contributed by atoms with E-state index in [4.69, 9.17) is 11.5 Å². The molecule has 54 heavy (non-hydrogen) atoms. The molecule has 0 bridgehead atoms. The molecule has 0 amide bonds. The topological polar surface area (TPSA) is 46.5 Å². The number of ether oxygens (including phenoxy) is 1. The minimum atomic E-state index is -1.23. The molecule has 1 N–H and O–H groups in total. The zero-order valence-corrected chi connectivity index (χ0v) is 28.8. The molecular weight excluding hydrogens is 661 g/mol. The largest absolute Gasteiger partial charge is 0.506 e. The van der Waals surface area contributed by atoms with Crippen LogP contribution in [0.5, 0.6) is 0 Å². The first-order chi connectivity index (χ1) is 26.5. The molecule has 0 aliphatic heterocycles. The van der Waals surface area contributed by atoms with Crippen molar-refractivity contribution in [3.05, 3.63) is 34.9 Å². The maximum atomic E-state index is 10.2. The monoisotopic (exact) mass is 676 g/mol. The SMILES string of the molecule is C#CC#CC#CC#CC#CC#CC#CC#CC#CC#CC#CC#CC#CC#CC#CC#CC#CC#CC#CC#CC.Cc1cccc(C)c1COC(=O)O. The molecule has 238 valence electrons. The minimum absolute atomic E-state index is 0.133. The normalized spacial score (nSPS) is 5.30. The van der Waals surface area contributed by atoms with Gasteiger partial charge in [0.15, 0.2) is 0 Å². The van der Waals surface area contributed by atoms with Gasteiger partial charge in [-0.1, -0.05) is 24.1 Å². The molecule has 0 heterocycles. The van der Waals surface area contributed by atoms with E-state index in [1.165, 1.54) is 0 Å². The molecule has 1 aromatic rings. The summed E-state index contributed by atoms with van der Waals surface area (Å²) in [6.07, 6.45) is 3.70. The number of carbonyl (C=O) groups is 1. The Morgan fingerprint density at radius 2 is 0.685 bits per heavy atom. The average Bonchev–Trinajstić information content (AvgIpc) is 3.16. The van der Waals surface area contributed by atoms with Crippen molar-refractivity contribution in [3.63, 3.8) is 0 Å². The van der Waals surface area contributed by atoms with Crippen molar-refractivity contribution < 1.29 is 14.6 Å². The number of benzene rings is 1. The van der Waals surface area contributed by atoms with E-state index in [0.717, 1.165) is 16.7 Å². The summed E-state index contributed by atoms with van der Waals surface area (Å²) in [5.74, 6) is 96.9. The summed E-state index contributed by atoms with van der Waals surface area (Å²) in [6.45, 7) is 5.70. The quantitative estimate of drug-likeness (QED) is 0.387. The Labute approximate surface area is 319 Å². The van der Waals surface area contributed by atoms with Crippen molar-refractivity contribution in [2.45, 2.75) is 27.4 Å². The predicted molar refractivity (Wildman–Crippen MR) is 211 cm³/mol. The van der Waals surface area contributed by atoms with Gasteiger partial charge in [-0.15, -0.1) is 6.42 Å². The first-order valence-corrected chi connectivity index (χ1v) is 14.3. The van der Waals surface area contributed by atoms with Gasteiger partial charge >= 0.3 is 6.16 Å². The van der Waals surface area contributed by atoms with Gasteiger partial charge in [0.05, 0.1) is 0 Å². The minimum Gasteiger partial charge on any atom is -0.450 e. The Bertz CT molecular complexity index is 2930. The van der Waals surface area contributed by atoms with Gasteiger partial charge in [-0.05, 0) is 132 Å². The van der Waals surface area contributed by atoms with Crippen LogP contribution in [0.3, 0.4) is 0 Å². The number of hydrogen-bond donors (Lipinski definition) is 1. The van der Waals surface area contributed by atoms with E-state index < -0.39 is 6.16 Å². The van der Waals surface area contributed by atoms with E-state index in [0.29, 0.717) is 0 Å². The Morgan fingerprint density at radius 1 is 0.463 bits per heavy atom. The summed E-state index contributed by atoms with van der Waals surface area (Å²) >= 11 is 0. The Morgan fingerprint density at radius 3 is 0.889 bits per heavy atom. The second-order valence-corrected chi connectivity index (χ2v) is 7.94. The smallest absolute Gasteiger partial charge is 0.450 e. The zero-order valence-electron chi connectivity index (χ0n) is 28.8. The van der Waals surface area contributed by atoms with Gasteiger partial charge in [-0.2, -0.15) is 0 Å². The van der Waals surface area contributed by atoms with Crippen LogP contribution in [-0.2, 0) is 11.3 Å². The highest BCUT2D eigenvalue weighted by Crippen LogP contribution is 2.14. The van der Waals surface area contributed by atoms with Crippen molar-refractivity contribution in [1.82, 2.24) is 0 Å². The van der Waals surface area contributed by atoms with Crippen LogP contribution < -0.4 is 0 Å². The first-order valence-electron chi connectivity index (χ1n) is 14.3. The lowest BCUT2D eigenvalue weighted by molar-refractivity contribution is 0.0851. The first kappa shape index (κ1) is 43.7. The lowest BCUT2D eigenvalue weighted by atomic mass is 10.0. The second-order valence-electron chi connectivity index (χ2n) is 7.94. The highest BCUT2D eigenvalue weighted by molar-refractivity contribution is 5.57. The second kappa shape index (κ2) is 35.5. The van der Waals surface area contributed by atoms with E-state index in [1.807, 2.05) is 32.0 Å². The number of terminal acetylenes is 1. The van der Waals surface area contributed by atoms with Crippen LogP contribution in [0.2, 0.25) is 0 Å². The molecule has 0 fully saturated rings. The third-order valence-corrected chi connectivity index (χ3v) is 4.43. The van der Waals surface area contributed by atoms with Crippen molar-refractivity contribution in [1.29, 1.82) is 0 Å². The molecule has 0 saturated carbocycles. The highest BCUT2D eigenvalue weighted by atomic mass is 16.7. The summed E-state index contributed by atoms with van der Waals surface area (Å²) < 4.78 is 4.51. The van der Waals surface area contributed by atoms with Crippen molar-refractivity contribution in [3.8, 4) is 237 Å². The summed E-state index contributed by atoms with van der Waals surface area (Å²) in [6, 6.07) is 5.82. The number of aryl methyl sites for hydroxylation is 2. The Kier molecular flexibility index (Phi) is 28.8. The molecule has 0 aromatic heterocycles. The van der Waals surface area contributed by atoms with Gasteiger partial charge in [0, 0.05) is 130 Å². The van der Waals surface area contributed by atoms with E-state index in [1.54, 1.807) is 6.92 Å². The van der Waals surface area contributed by atoms with Crippen LogP contribution in [-0.4, -0.2) is 11.3 Å². The fourth-order valence-electron chi connectivity index (χ4n) is 2.40. The molecule has 3 nitrogen and oxygen atoms in total. The summed E-state index contributed by atoms with van der Waals surface area (Å²) in [7, 11) is 0. The van der Waals surface area contributed by atoms with Crippen LogP contribution in [0, 0.1) is 251 Å². The van der Waals surface area contributed by atoms with E-state index in [9.17, 15) is 4.79 Å². The molecule has 0 spiro atoms. The van der Waals surface area contributed by atoms with E-state index >= 15 is 0 Å². The Hall–Kier alpha value is -10.3. The van der Waals surface area contributed by atoms with Crippen LogP contribution in [0.1, 0.15) is 23.6 Å². The van der Waals surface area contributed by atoms with Gasteiger partial charge in [0.1, 0.15) is 6.61 Å². The number of hydrogen-bond acceptors (Lipinski definition) is 2. The fourth-order valence-corrected chi connectivity index (χ4v) is 2.40. The average molecular weight is 677 g/mol. The van der Waals surface area contributed by atoms with Crippen molar-refractivity contribution in [2.24, 2.45) is 0 Å². The lowest BCUT2D eigenvalue weighted by Crippen LogP contribution is -2.03. The van der Waals surface area contributed by atoms with Crippen LogP contribution in [0.4, 0.5) is 4.79 Å². The van der Waals surface area contributed by atoms with Gasteiger partial charge in [-0.25, -0.2) is 4.79 Å². The highest BCUT2D eigenvalue weighted by Gasteiger charge is 2.04. The van der Waals surface area contributed by atoms with E-state index in [-0.39, 0.29) is 6.61 Å². The van der Waals surface area contributed by atoms with Crippen molar-refractivity contribution >= 4 is 6.16 Å². The maximum absolute atomic E-state index is 10.2. The third-order valence-electron chi connectivity index (χ3n) is 4.43. The number of rotatable bonds is 2. The van der Waals surface area contributed by atoms with Crippen LogP contribution in [0.15, 0.2) is 18.2 Å². The van der Waals surface area contributed by atoms with Crippen LogP contribution >= 0.6 is 0 Å². The fraction of sp³-hybridized carbons (Fsp3) is 0.0784. The molecule has 1 aromatic carbocycles.